The van der Waals surface area contributed by atoms with Gasteiger partial charge in [0.15, 0.2) is 0 Å². The summed E-state index contributed by atoms with van der Waals surface area (Å²) in [6.07, 6.45) is 5.24. The number of nitrogens with zero attached hydrogens (tertiary/aromatic N) is 2. The van der Waals surface area contributed by atoms with E-state index in [0.29, 0.717) is 6.54 Å². The molecule has 2 amide bonds. The number of amides is 2. The zero-order valence-electron chi connectivity index (χ0n) is 16.9. The lowest BCUT2D eigenvalue weighted by Crippen LogP contribution is -2.28. The maximum absolute atomic E-state index is 12.1. The van der Waals surface area contributed by atoms with Gasteiger partial charge in [0, 0.05) is 30.3 Å². The number of anilines is 1. The highest BCUT2D eigenvalue weighted by atomic mass is 16.2. The molecule has 1 aromatic carbocycles. The molecule has 0 radical (unpaired) electrons. The Morgan fingerprint density at radius 2 is 1.69 bits per heavy atom. The number of carbonyl (C=O) groups is 1. The third-order valence-corrected chi connectivity index (χ3v) is 4.65. The highest BCUT2D eigenvalue weighted by molar-refractivity contribution is 5.89. The fraction of sp³-hybridized carbons (Fsp3) is 0.208. The molecular weight excluding hydrogens is 360 g/mol. The van der Waals surface area contributed by atoms with E-state index in [2.05, 4.69) is 52.3 Å². The van der Waals surface area contributed by atoms with Crippen molar-refractivity contribution in [2.75, 3.05) is 5.32 Å². The third kappa shape index (κ3) is 6.01. The van der Waals surface area contributed by atoms with E-state index in [1.807, 2.05) is 37.4 Å². The van der Waals surface area contributed by atoms with Crippen LogP contribution in [0.1, 0.15) is 41.4 Å². The van der Waals surface area contributed by atoms with Crippen molar-refractivity contribution >= 4 is 17.3 Å². The fourth-order valence-corrected chi connectivity index (χ4v) is 2.95. The van der Waals surface area contributed by atoms with Crippen LogP contribution in [0.15, 0.2) is 67.5 Å². The second-order valence-corrected chi connectivity index (χ2v) is 6.99. The van der Waals surface area contributed by atoms with Crippen LogP contribution in [0.5, 0.6) is 0 Å². The summed E-state index contributed by atoms with van der Waals surface area (Å²) >= 11 is 0. The highest BCUT2D eigenvalue weighted by Crippen LogP contribution is 2.17. The number of allylic oxidation sites excluding steroid dienone is 1. The standard InChI is InChI=1S/C24H26N4O/c1-4-17(2)23-15-21(9-11-26-23)14-19-5-7-20(8-6-19)16-27-24(29)28-22-10-12-25-18(3)13-22/h5-13,15H,2,4,14,16H2,1,3H3,(H2,25,27,28,29). The third-order valence-electron chi connectivity index (χ3n) is 4.65. The summed E-state index contributed by atoms with van der Waals surface area (Å²) in [6, 6.07) is 15.8. The van der Waals surface area contributed by atoms with E-state index in [1.165, 1.54) is 11.1 Å². The van der Waals surface area contributed by atoms with Crippen LogP contribution in [0.2, 0.25) is 0 Å². The van der Waals surface area contributed by atoms with Crippen molar-refractivity contribution in [1.82, 2.24) is 15.3 Å². The molecule has 148 valence electrons. The Hall–Kier alpha value is -3.47. The molecule has 0 spiro atoms. The van der Waals surface area contributed by atoms with E-state index in [0.717, 1.165) is 41.1 Å². The minimum Gasteiger partial charge on any atom is -0.334 e. The first-order valence-electron chi connectivity index (χ1n) is 9.72. The molecule has 0 aliphatic heterocycles. The molecule has 0 unspecified atom stereocenters. The molecule has 0 saturated carbocycles. The highest BCUT2D eigenvalue weighted by Gasteiger charge is 2.04. The summed E-state index contributed by atoms with van der Waals surface area (Å²) in [5, 5.41) is 5.69. The molecular formula is C24H26N4O. The van der Waals surface area contributed by atoms with Crippen LogP contribution in [0, 0.1) is 6.92 Å². The number of urea groups is 1. The largest absolute Gasteiger partial charge is 0.334 e. The first-order chi connectivity index (χ1) is 14.0. The number of hydrogen-bond donors (Lipinski definition) is 2. The van der Waals surface area contributed by atoms with Crippen LogP contribution in [-0.4, -0.2) is 16.0 Å². The lowest BCUT2D eigenvalue weighted by molar-refractivity contribution is 0.251. The van der Waals surface area contributed by atoms with Crippen LogP contribution in [0.25, 0.3) is 5.57 Å². The van der Waals surface area contributed by atoms with Gasteiger partial charge in [0.1, 0.15) is 0 Å². The number of benzene rings is 1. The van der Waals surface area contributed by atoms with Crippen LogP contribution in [0.4, 0.5) is 10.5 Å². The van der Waals surface area contributed by atoms with E-state index in [-0.39, 0.29) is 6.03 Å². The molecule has 0 atom stereocenters. The Kier molecular flexibility index (Phi) is 6.74. The molecule has 3 rings (SSSR count). The molecule has 5 heteroatoms. The molecule has 0 aliphatic rings. The molecule has 0 fully saturated rings. The minimum atomic E-state index is -0.236. The van der Waals surface area contributed by atoms with Crippen molar-refractivity contribution in [2.45, 2.75) is 33.2 Å². The summed E-state index contributed by atoms with van der Waals surface area (Å²) in [7, 11) is 0. The maximum atomic E-state index is 12.1. The van der Waals surface area contributed by atoms with E-state index >= 15 is 0 Å². The number of pyridine rings is 2. The van der Waals surface area contributed by atoms with Crippen molar-refractivity contribution in [3.8, 4) is 0 Å². The average molecular weight is 386 g/mol. The van der Waals surface area contributed by atoms with Crippen LogP contribution in [0.3, 0.4) is 0 Å². The number of rotatable bonds is 7. The van der Waals surface area contributed by atoms with Crippen molar-refractivity contribution in [2.24, 2.45) is 0 Å². The molecule has 3 aromatic rings. The summed E-state index contributed by atoms with van der Waals surface area (Å²) in [4.78, 5) is 20.6. The fourth-order valence-electron chi connectivity index (χ4n) is 2.95. The molecule has 2 N–H and O–H groups in total. The second-order valence-electron chi connectivity index (χ2n) is 6.99. The zero-order valence-corrected chi connectivity index (χ0v) is 16.9. The number of carbonyl (C=O) groups excluding carboxylic acids is 1. The summed E-state index contributed by atoms with van der Waals surface area (Å²) in [5.41, 5.74) is 7.07. The van der Waals surface area contributed by atoms with Crippen LogP contribution in [-0.2, 0) is 13.0 Å². The topological polar surface area (TPSA) is 66.9 Å². The summed E-state index contributed by atoms with van der Waals surface area (Å²) < 4.78 is 0. The first kappa shape index (κ1) is 20.3. The molecule has 2 aromatic heterocycles. The molecule has 0 aliphatic carbocycles. The van der Waals surface area contributed by atoms with Gasteiger partial charge in [0.2, 0.25) is 0 Å². The number of nitrogens with one attached hydrogen (secondary N) is 2. The number of aromatic nitrogens is 2. The molecule has 2 heterocycles. The van der Waals surface area contributed by atoms with Gasteiger partial charge >= 0.3 is 6.03 Å². The zero-order chi connectivity index (χ0) is 20.6. The maximum Gasteiger partial charge on any atom is 0.319 e. The summed E-state index contributed by atoms with van der Waals surface area (Å²) in [5.74, 6) is 0. The Bertz CT molecular complexity index is 996. The average Bonchev–Trinajstić information content (AvgIpc) is 2.73. The lowest BCUT2D eigenvalue weighted by atomic mass is 10.0. The van der Waals surface area contributed by atoms with E-state index < -0.39 is 0 Å². The predicted molar refractivity (Wildman–Crippen MR) is 118 cm³/mol. The number of aryl methyl sites for hydroxylation is 1. The van der Waals surface area contributed by atoms with E-state index in [1.54, 1.807) is 12.3 Å². The normalized spacial score (nSPS) is 10.4. The monoisotopic (exact) mass is 386 g/mol. The van der Waals surface area contributed by atoms with E-state index in [9.17, 15) is 4.79 Å². The van der Waals surface area contributed by atoms with Gasteiger partial charge in [-0.15, -0.1) is 0 Å². The van der Waals surface area contributed by atoms with Crippen LogP contribution >= 0.6 is 0 Å². The predicted octanol–water partition coefficient (Wildman–Crippen LogP) is 5.12. The number of hydrogen-bond acceptors (Lipinski definition) is 3. The van der Waals surface area contributed by atoms with Crippen molar-refractivity contribution in [1.29, 1.82) is 0 Å². The molecule has 5 nitrogen and oxygen atoms in total. The van der Waals surface area contributed by atoms with Gasteiger partial charge in [-0.2, -0.15) is 0 Å². The summed E-state index contributed by atoms with van der Waals surface area (Å²) in [6.45, 7) is 8.50. The van der Waals surface area contributed by atoms with Gasteiger partial charge < -0.3 is 10.6 Å². The Morgan fingerprint density at radius 3 is 2.41 bits per heavy atom. The second kappa shape index (κ2) is 9.64. The lowest BCUT2D eigenvalue weighted by Gasteiger charge is -2.09. The van der Waals surface area contributed by atoms with Gasteiger partial charge in [-0.3, -0.25) is 9.97 Å². The van der Waals surface area contributed by atoms with Crippen molar-refractivity contribution in [3.05, 3.63) is 95.6 Å². The Labute approximate surface area is 171 Å². The SMILES string of the molecule is C=C(CC)c1cc(Cc2ccc(CNC(=O)Nc3ccnc(C)c3)cc2)ccn1. The van der Waals surface area contributed by atoms with Crippen molar-refractivity contribution in [3.63, 3.8) is 0 Å². The van der Waals surface area contributed by atoms with Gasteiger partial charge in [-0.1, -0.05) is 37.8 Å². The van der Waals surface area contributed by atoms with Gasteiger partial charge in [0.25, 0.3) is 0 Å². The Morgan fingerprint density at radius 1 is 0.966 bits per heavy atom. The molecule has 29 heavy (non-hydrogen) atoms. The molecule has 0 saturated heterocycles. The van der Waals surface area contributed by atoms with Crippen LogP contribution < -0.4 is 10.6 Å². The quantitative estimate of drug-likeness (QED) is 0.592. The first-order valence-corrected chi connectivity index (χ1v) is 9.72. The molecule has 0 bridgehead atoms. The van der Waals surface area contributed by atoms with Crippen molar-refractivity contribution < 1.29 is 4.79 Å². The minimum absolute atomic E-state index is 0.236. The van der Waals surface area contributed by atoms with Gasteiger partial charge in [-0.05, 0) is 66.3 Å². The Balaban J connectivity index is 1.53. The van der Waals surface area contributed by atoms with Gasteiger partial charge in [-0.25, -0.2) is 4.79 Å². The van der Waals surface area contributed by atoms with Gasteiger partial charge in [0.05, 0.1) is 5.69 Å². The smallest absolute Gasteiger partial charge is 0.319 e. The van der Waals surface area contributed by atoms with E-state index in [4.69, 9.17) is 0 Å².